The summed E-state index contributed by atoms with van der Waals surface area (Å²) in [5.74, 6) is 0. The number of allylic oxidation sites excluding steroid dienone is 2. The van der Waals surface area contributed by atoms with E-state index in [-0.39, 0.29) is 0 Å². The largest absolute Gasteiger partial charge is 0.372 e. The number of rotatable bonds is 5. The van der Waals surface area contributed by atoms with Gasteiger partial charge in [-0.15, -0.1) is 0 Å². The van der Waals surface area contributed by atoms with Gasteiger partial charge in [0.2, 0.25) is 5.52 Å². The Labute approximate surface area is 218 Å². The molecule has 2 aliphatic rings. The Hall–Kier alpha value is -2.02. The van der Waals surface area contributed by atoms with Crippen molar-refractivity contribution in [3.8, 4) is 0 Å². The van der Waals surface area contributed by atoms with Gasteiger partial charge >= 0.3 is 0 Å². The fourth-order valence-electron chi connectivity index (χ4n) is 4.22. The Bertz CT molecular complexity index is 1370. The number of aromatic nitrogens is 1. The molecule has 5 rings (SSSR count). The standard InChI is InChI=1S/C27H25Cl2N2OS2/c1-3-30-22-9-7-20(28)14-24(22)33-26(30)11-5-18-13-19(17-32-16-18)6-12-27-31(4-2)23-10-8-21(29)15-25(23)34-27/h5-15H,3-4,16-17H2,1-2H3/q+1. The van der Waals surface area contributed by atoms with Crippen molar-refractivity contribution in [2.24, 2.45) is 0 Å². The highest BCUT2D eigenvalue weighted by Gasteiger charge is 2.23. The summed E-state index contributed by atoms with van der Waals surface area (Å²) in [5.41, 5.74) is 4.76. The average molecular weight is 529 g/mol. The second-order valence-electron chi connectivity index (χ2n) is 8.05. The van der Waals surface area contributed by atoms with Gasteiger partial charge in [-0.1, -0.05) is 58.5 Å². The summed E-state index contributed by atoms with van der Waals surface area (Å²) >= 11 is 15.9. The third-order valence-electron chi connectivity index (χ3n) is 5.81. The zero-order valence-electron chi connectivity index (χ0n) is 19.1. The molecule has 0 fully saturated rings. The first-order valence-corrected chi connectivity index (χ1v) is 13.7. The predicted molar refractivity (Wildman–Crippen MR) is 147 cm³/mol. The Morgan fingerprint density at radius 1 is 1.03 bits per heavy atom. The molecule has 0 N–H and O–H groups in total. The third-order valence-corrected chi connectivity index (χ3v) is 8.50. The van der Waals surface area contributed by atoms with Gasteiger partial charge in [0.1, 0.15) is 11.2 Å². The van der Waals surface area contributed by atoms with E-state index in [0.29, 0.717) is 13.2 Å². The number of hydrogen-bond donors (Lipinski definition) is 0. The molecule has 0 amide bonds. The van der Waals surface area contributed by atoms with Crippen LogP contribution in [0.3, 0.4) is 0 Å². The van der Waals surface area contributed by atoms with Gasteiger partial charge in [-0.2, -0.15) is 4.57 Å². The van der Waals surface area contributed by atoms with Crippen molar-refractivity contribution in [1.29, 1.82) is 0 Å². The van der Waals surface area contributed by atoms with Crippen molar-refractivity contribution in [3.63, 3.8) is 0 Å². The lowest BCUT2D eigenvalue weighted by Gasteiger charge is -2.18. The second-order valence-corrected chi connectivity index (χ2v) is 11.0. The topological polar surface area (TPSA) is 16.4 Å². The van der Waals surface area contributed by atoms with Gasteiger partial charge in [0.05, 0.1) is 23.9 Å². The molecule has 0 unspecified atom stereocenters. The number of benzene rings is 2. The summed E-state index contributed by atoms with van der Waals surface area (Å²) in [6.07, 6.45) is 10.9. The molecule has 3 heterocycles. The Morgan fingerprint density at radius 3 is 2.68 bits per heavy atom. The fraction of sp³-hybridized carbons (Fsp3) is 0.222. The molecule has 0 saturated heterocycles. The highest BCUT2D eigenvalue weighted by Crippen LogP contribution is 2.46. The van der Waals surface area contributed by atoms with E-state index >= 15 is 0 Å². The van der Waals surface area contributed by atoms with Crippen molar-refractivity contribution in [2.75, 3.05) is 24.7 Å². The molecule has 0 atom stereocenters. The minimum atomic E-state index is 0.618. The van der Waals surface area contributed by atoms with Crippen LogP contribution in [0.15, 0.2) is 81.8 Å². The van der Waals surface area contributed by atoms with Gasteiger partial charge in [0.15, 0.2) is 0 Å². The summed E-state index contributed by atoms with van der Waals surface area (Å²) < 4.78 is 9.40. The van der Waals surface area contributed by atoms with E-state index in [1.54, 1.807) is 23.1 Å². The summed E-state index contributed by atoms with van der Waals surface area (Å²) in [6, 6.07) is 12.2. The van der Waals surface area contributed by atoms with Crippen LogP contribution in [0.5, 0.6) is 0 Å². The van der Waals surface area contributed by atoms with Gasteiger partial charge in [-0.05, 0) is 67.5 Å². The molecule has 2 aliphatic heterocycles. The molecule has 0 radical (unpaired) electrons. The normalized spacial score (nSPS) is 18.5. The maximum Gasteiger partial charge on any atom is 0.262 e. The third kappa shape index (κ3) is 4.86. The van der Waals surface area contributed by atoms with Gasteiger partial charge < -0.3 is 9.64 Å². The summed E-state index contributed by atoms with van der Waals surface area (Å²) in [4.78, 5) is 3.52. The van der Waals surface area contributed by atoms with Crippen LogP contribution in [0.2, 0.25) is 10.0 Å². The average Bonchev–Trinajstić information content (AvgIpc) is 3.37. The second kappa shape index (κ2) is 10.3. The molecule has 0 spiro atoms. The van der Waals surface area contributed by atoms with Crippen molar-refractivity contribution in [3.05, 3.63) is 91.9 Å². The van der Waals surface area contributed by atoms with E-state index in [0.717, 1.165) is 34.3 Å². The molecule has 0 aliphatic carbocycles. The quantitative estimate of drug-likeness (QED) is 0.314. The van der Waals surface area contributed by atoms with E-state index in [4.69, 9.17) is 27.9 Å². The number of fused-ring (bicyclic) bond motifs is 2. The molecule has 0 bridgehead atoms. The Kier molecular flexibility index (Phi) is 7.19. The number of anilines is 1. The Morgan fingerprint density at radius 2 is 1.85 bits per heavy atom. The SMILES string of the molecule is CCN1/C(=C/C=C2C=C(/C=C/c3sc4cc(Cl)ccc4[n+]3CC)COC/2)Sc2cc(Cl)ccc21. The number of ether oxygens (including phenoxy) is 1. The van der Waals surface area contributed by atoms with Crippen molar-refractivity contribution >= 4 is 68.3 Å². The molecule has 2 aromatic carbocycles. The van der Waals surface area contributed by atoms with E-state index in [9.17, 15) is 0 Å². The first kappa shape index (κ1) is 23.7. The minimum absolute atomic E-state index is 0.618. The lowest BCUT2D eigenvalue weighted by molar-refractivity contribution is -0.665. The van der Waals surface area contributed by atoms with Gasteiger partial charge in [0.25, 0.3) is 5.01 Å². The molecule has 1 aromatic heterocycles. The van der Waals surface area contributed by atoms with E-state index in [1.807, 2.05) is 24.3 Å². The van der Waals surface area contributed by atoms with Crippen LogP contribution >= 0.6 is 46.3 Å². The van der Waals surface area contributed by atoms with Gasteiger partial charge in [-0.3, -0.25) is 0 Å². The molecule has 3 nitrogen and oxygen atoms in total. The smallest absolute Gasteiger partial charge is 0.262 e. The van der Waals surface area contributed by atoms with Gasteiger partial charge in [0, 0.05) is 33.6 Å². The van der Waals surface area contributed by atoms with Crippen molar-refractivity contribution < 1.29 is 9.30 Å². The first-order chi connectivity index (χ1) is 16.6. The monoisotopic (exact) mass is 527 g/mol. The van der Waals surface area contributed by atoms with Crippen LogP contribution in [0.4, 0.5) is 5.69 Å². The molecule has 0 saturated carbocycles. The van der Waals surface area contributed by atoms with E-state index in [1.165, 1.54) is 30.8 Å². The lowest BCUT2D eigenvalue weighted by atomic mass is 10.1. The van der Waals surface area contributed by atoms with Crippen LogP contribution in [-0.2, 0) is 11.3 Å². The number of aryl methyl sites for hydroxylation is 1. The first-order valence-electron chi connectivity index (χ1n) is 11.3. The van der Waals surface area contributed by atoms with Crippen LogP contribution in [0, 0.1) is 0 Å². The predicted octanol–water partition coefficient (Wildman–Crippen LogP) is 7.89. The highest BCUT2D eigenvalue weighted by atomic mass is 35.5. The number of thiazole rings is 1. The number of hydrogen-bond acceptors (Lipinski definition) is 4. The maximum absolute atomic E-state index is 6.20. The highest BCUT2D eigenvalue weighted by molar-refractivity contribution is 8.03. The zero-order chi connectivity index (χ0) is 23.7. The minimum Gasteiger partial charge on any atom is -0.372 e. The van der Waals surface area contributed by atoms with Crippen LogP contribution in [0.25, 0.3) is 16.3 Å². The molecule has 34 heavy (non-hydrogen) atoms. The van der Waals surface area contributed by atoms with Crippen LogP contribution in [0.1, 0.15) is 18.9 Å². The molecular formula is C27H25Cl2N2OS2+. The number of thioether (sulfide) groups is 1. The van der Waals surface area contributed by atoms with Crippen LogP contribution in [-0.4, -0.2) is 19.8 Å². The number of nitrogens with zero attached hydrogens (tertiary/aromatic N) is 2. The lowest BCUT2D eigenvalue weighted by Crippen LogP contribution is -2.33. The molecule has 3 aromatic rings. The zero-order valence-corrected chi connectivity index (χ0v) is 22.2. The summed E-state index contributed by atoms with van der Waals surface area (Å²) in [6.45, 7) is 7.40. The van der Waals surface area contributed by atoms with Crippen molar-refractivity contribution in [1.82, 2.24) is 0 Å². The summed E-state index contributed by atoms with van der Waals surface area (Å²) in [5, 5.41) is 3.95. The summed E-state index contributed by atoms with van der Waals surface area (Å²) in [7, 11) is 0. The van der Waals surface area contributed by atoms with Crippen LogP contribution < -0.4 is 9.47 Å². The number of halogens is 2. The molecular weight excluding hydrogens is 503 g/mol. The Balaban J connectivity index is 1.38. The fourth-order valence-corrected chi connectivity index (χ4v) is 7.03. The molecule has 7 heteroatoms. The van der Waals surface area contributed by atoms with Gasteiger partial charge in [-0.25, -0.2) is 0 Å². The maximum atomic E-state index is 6.20. The van der Waals surface area contributed by atoms with E-state index in [2.05, 4.69) is 65.8 Å². The van der Waals surface area contributed by atoms with Crippen molar-refractivity contribution in [2.45, 2.75) is 25.3 Å². The van der Waals surface area contributed by atoms with E-state index < -0.39 is 0 Å². The molecule has 174 valence electrons.